The molecule has 0 aromatic heterocycles. The number of nitrogen functional groups attached to an aromatic ring is 2. The van der Waals surface area contributed by atoms with E-state index in [2.05, 4.69) is 0 Å². The lowest BCUT2D eigenvalue weighted by Crippen LogP contribution is -2.23. The first-order valence-electron chi connectivity index (χ1n) is 7.29. The molecule has 0 saturated heterocycles. The predicted octanol–water partition coefficient (Wildman–Crippen LogP) is -0.768. The van der Waals surface area contributed by atoms with Gasteiger partial charge in [0.1, 0.15) is 33.5 Å². The van der Waals surface area contributed by atoms with E-state index in [1.807, 2.05) is 0 Å². The summed E-state index contributed by atoms with van der Waals surface area (Å²) in [4.78, 5) is -2.09. The number of phenols is 2. The average Bonchev–Trinajstić information content (AvgIpc) is 2.53. The van der Waals surface area contributed by atoms with Crippen LogP contribution in [0.2, 0.25) is 0 Å². The maximum Gasteiger partial charge on any atom is 0.298 e. The molecule has 0 bridgehead atoms. The molecule has 3 rings (SSSR count). The molecule has 10 N–H and O–H groups in total. The zero-order valence-electron chi connectivity index (χ0n) is 13.6. The van der Waals surface area contributed by atoms with Crippen molar-refractivity contribution < 1.29 is 46.4 Å². The minimum atomic E-state index is -4.97. The van der Waals surface area contributed by atoms with Gasteiger partial charge >= 0.3 is 0 Å². The topological polar surface area (TPSA) is 242 Å². The quantitative estimate of drug-likeness (QED) is 0.165. The number of aromatic hydroxyl groups is 2. The molecule has 0 spiro atoms. The first-order valence-corrected chi connectivity index (χ1v) is 10.2. The second-order valence-corrected chi connectivity index (χ2v) is 8.81. The molecule has 0 saturated carbocycles. The van der Waals surface area contributed by atoms with Crippen LogP contribution in [0.1, 0.15) is 34.5 Å². The van der Waals surface area contributed by atoms with Crippen molar-refractivity contribution >= 4 is 31.6 Å². The Morgan fingerprint density at radius 3 is 1.21 bits per heavy atom. The third-order valence-electron chi connectivity index (χ3n) is 4.40. The first-order chi connectivity index (χ1) is 12.7. The molecule has 2 aromatic rings. The average molecular weight is 434 g/mol. The van der Waals surface area contributed by atoms with Gasteiger partial charge in [0.05, 0.1) is 0 Å². The van der Waals surface area contributed by atoms with Gasteiger partial charge in [0, 0.05) is 33.6 Å². The van der Waals surface area contributed by atoms with Crippen molar-refractivity contribution in [2.45, 2.75) is 22.0 Å². The van der Waals surface area contributed by atoms with Crippen LogP contribution in [0.15, 0.2) is 21.9 Å². The number of anilines is 2. The largest absolute Gasteiger partial charge is 0.506 e. The van der Waals surface area contributed by atoms with Crippen LogP contribution in [0.4, 0.5) is 11.4 Å². The zero-order chi connectivity index (χ0) is 21.3. The van der Waals surface area contributed by atoms with Crippen LogP contribution in [0.5, 0.6) is 11.5 Å². The minimum Gasteiger partial charge on any atom is -0.506 e. The van der Waals surface area contributed by atoms with Gasteiger partial charge in [-0.15, -0.1) is 0 Å². The number of rotatable bonds is 2. The molecular weight excluding hydrogens is 420 g/mol. The summed E-state index contributed by atoms with van der Waals surface area (Å²) in [5, 5.41) is 41.7. The monoisotopic (exact) mass is 434 g/mol. The van der Waals surface area contributed by atoms with E-state index in [-0.39, 0.29) is 0 Å². The number of phenolic OH excluding ortho intramolecular Hbond substituents is 2. The summed E-state index contributed by atoms with van der Waals surface area (Å²) >= 11 is 0. The van der Waals surface area contributed by atoms with Gasteiger partial charge in [0.15, 0.2) is 0 Å². The van der Waals surface area contributed by atoms with Crippen LogP contribution in [0, 0.1) is 0 Å². The van der Waals surface area contributed by atoms with Crippen molar-refractivity contribution in [1.29, 1.82) is 0 Å². The number of nitrogens with two attached hydrogens (primary N) is 2. The van der Waals surface area contributed by atoms with Crippen LogP contribution in [0.3, 0.4) is 0 Å². The summed E-state index contributed by atoms with van der Waals surface area (Å²) in [6, 6.07) is 1.22. The van der Waals surface area contributed by atoms with Gasteiger partial charge in [-0.25, -0.2) is 0 Å². The van der Waals surface area contributed by atoms with Crippen molar-refractivity contribution in [3.8, 4) is 11.5 Å². The maximum absolute atomic E-state index is 11.4. The molecule has 1 aliphatic carbocycles. The van der Waals surface area contributed by atoms with Crippen LogP contribution < -0.4 is 11.5 Å². The van der Waals surface area contributed by atoms with Gasteiger partial charge in [0.25, 0.3) is 20.2 Å². The van der Waals surface area contributed by atoms with Crippen LogP contribution in [0.25, 0.3) is 0 Å². The zero-order valence-corrected chi connectivity index (χ0v) is 15.2. The molecule has 14 heteroatoms. The van der Waals surface area contributed by atoms with E-state index in [0.29, 0.717) is 12.1 Å². The highest BCUT2D eigenvalue weighted by molar-refractivity contribution is 7.86. The fraction of sp³-hybridized carbons (Fsp3) is 0.143. The van der Waals surface area contributed by atoms with Crippen molar-refractivity contribution in [1.82, 2.24) is 0 Å². The molecule has 152 valence electrons. The van der Waals surface area contributed by atoms with E-state index in [9.17, 15) is 46.4 Å². The van der Waals surface area contributed by atoms with Gasteiger partial charge in [0.2, 0.25) is 0 Å². The Hall–Kier alpha value is -2.62. The second kappa shape index (κ2) is 5.94. The summed E-state index contributed by atoms with van der Waals surface area (Å²) in [7, 11) is -9.94. The molecule has 0 heterocycles. The number of hydrogen-bond donors (Lipinski definition) is 8. The number of fused-ring (bicyclic) bond motifs is 2. The van der Waals surface area contributed by atoms with Gasteiger partial charge in [-0.3, -0.25) is 9.11 Å². The van der Waals surface area contributed by atoms with E-state index in [0.717, 1.165) is 0 Å². The number of benzene rings is 2. The highest BCUT2D eigenvalue weighted by Gasteiger charge is 2.41. The first kappa shape index (κ1) is 20.1. The number of aliphatic hydroxyl groups excluding tert-OH is 2. The molecule has 0 fully saturated rings. The molecule has 12 nitrogen and oxygen atoms in total. The fourth-order valence-corrected chi connectivity index (χ4v) is 4.51. The maximum atomic E-state index is 11.4. The predicted molar refractivity (Wildman–Crippen MR) is 92.8 cm³/mol. The lowest BCUT2D eigenvalue weighted by atomic mass is 9.79. The van der Waals surface area contributed by atoms with Gasteiger partial charge in [-0.1, -0.05) is 0 Å². The Kier molecular flexibility index (Phi) is 4.27. The third kappa shape index (κ3) is 2.74. The van der Waals surface area contributed by atoms with Crippen LogP contribution in [-0.4, -0.2) is 46.4 Å². The van der Waals surface area contributed by atoms with Crippen LogP contribution in [-0.2, 0) is 20.2 Å². The lowest BCUT2D eigenvalue weighted by Gasteiger charge is -2.32. The molecule has 2 unspecified atom stereocenters. The number of hydrogen-bond acceptors (Lipinski definition) is 10. The van der Waals surface area contributed by atoms with Crippen LogP contribution >= 0.6 is 0 Å². The van der Waals surface area contributed by atoms with E-state index in [4.69, 9.17) is 11.5 Å². The molecule has 1 aliphatic rings. The molecular formula is C14H14N2O10S2. The summed E-state index contributed by atoms with van der Waals surface area (Å²) in [6.07, 6.45) is -3.95. The minimum absolute atomic E-state index is 0.452. The Balaban J connectivity index is 2.46. The van der Waals surface area contributed by atoms with E-state index in [1.165, 1.54) is 0 Å². The van der Waals surface area contributed by atoms with Crippen molar-refractivity contribution in [2.75, 3.05) is 11.5 Å². The molecule has 0 radical (unpaired) electrons. The lowest BCUT2D eigenvalue weighted by molar-refractivity contribution is 0.167. The summed E-state index contributed by atoms with van der Waals surface area (Å²) < 4.78 is 64.2. The summed E-state index contributed by atoms with van der Waals surface area (Å²) in [5.74, 6) is -2.25. The smallest absolute Gasteiger partial charge is 0.298 e. The molecule has 28 heavy (non-hydrogen) atoms. The third-order valence-corrected chi connectivity index (χ3v) is 6.14. The highest BCUT2D eigenvalue weighted by Crippen LogP contribution is 2.53. The van der Waals surface area contributed by atoms with Gasteiger partial charge < -0.3 is 31.9 Å². The summed E-state index contributed by atoms with van der Waals surface area (Å²) in [5.41, 5.74) is 8.24. The standard InChI is InChI=1S/C14H14N2O10S2/c15-3-1-5(27(21,22)23)11(17)9-7(3)13(19)10-8(14(9)20)4(16)2-6(12(10)18)28(24,25)26/h1-2,13-14,17-20H,15-16H2,(H,21,22,23)(H,24,25,26). The van der Waals surface area contributed by atoms with Crippen molar-refractivity contribution in [3.63, 3.8) is 0 Å². The fourth-order valence-electron chi connectivity index (χ4n) is 3.25. The Morgan fingerprint density at radius 1 is 0.679 bits per heavy atom. The second-order valence-electron chi connectivity index (χ2n) is 6.03. The van der Waals surface area contributed by atoms with E-state index in [1.54, 1.807) is 0 Å². The van der Waals surface area contributed by atoms with E-state index < -0.39 is 87.4 Å². The molecule has 0 amide bonds. The van der Waals surface area contributed by atoms with Gasteiger partial charge in [-0.2, -0.15) is 16.8 Å². The highest BCUT2D eigenvalue weighted by atomic mass is 32.2. The SMILES string of the molecule is Nc1cc(S(=O)(=O)O)c(O)c2c1C(O)c1c(O)c(S(=O)(=O)O)cc(N)c1C2O. The Morgan fingerprint density at radius 2 is 0.964 bits per heavy atom. The summed E-state index contributed by atoms with van der Waals surface area (Å²) in [6.45, 7) is 0. The van der Waals surface area contributed by atoms with Crippen molar-refractivity contribution in [3.05, 3.63) is 34.4 Å². The molecule has 2 aromatic carbocycles. The van der Waals surface area contributed by atoms with Crippen molar-refractivity contribution in [2.24, 2.45) is 0 Å². The normalized spacial score (nSPS) is 19.1. The van der Waals surface area contributed by atoms with E-state index >= 15 is 0 Å². The molecule has 2 atom stereocenters. The Bertz CT molecular complexity index is 1140. The Labute approximate surface area is 157 Å². The molecule has 0 aliphatic heterocycles. The van der Waals surface area contributed by atoms with Gasteiger partial charge in [-0.05, 0) is 12.1 Å². The number of aliphatic hydroxyl groups is 2.